The molecule has 0 spiro atoms. The van der Waals surface area contributed by atoms with Crippen LogP contribution in [-0.2, 0) is 0 Å². The van der Waals surface area contributed by atoms with Crippen molar-refractivity contribution >= 4 is 0 Å². The highest BCUT2D eigenvalue weighted by Crippen LogP contribution is 2.43. The average Bonchev–Trinajstić information content (AvgIpc) is 2.41. The molecule has 1 saturated carbocycles. The molecule has 1 heterocycles. The van der Waals surface area contributed by atoms with Crippen LogP contribution in [-0.4, -0.2) is 29.5 Å². The first-order chi connectivity index (χ1) is 9.49. The van der Waals surface area contributed by atoms with Gasteiger partial charge in [-0.25, -0.2) is 0 Å². The predicted octanol–water partition coefficient (Wildman–Crippen LogP) is 2.40. The van der Waals surface area contributed by atoms with E-state index in [1.165, 1.54) is 31.2 Å². The Kier molecular flexibility index (Phi) is 4.78. The summed E-state index contributed by atoms with van der Waals surface area (Å²) in [5, 5.41) is 0. The summed E-state index contributed by atoms with van der Waals surface area (Å²) in [6.45, 7) is 4.36. The maximum absolute atomic E-state index is 5.94. The van der Waals surface area contributed by atoms with Crippen LogP contribution in [0.5, 0.6) is 0 Å². The summed E-state index contributed by atoms with van der Waals surface area (Å²) in [4.78, 5) is 6.79. The first-order valence-electron chi connectivity index (χ1n) is 7.55. The van der Waals surface area contributed by atoms with Gasteiger partial charge in [0, 0.05) is 17.4 Å². The zero-order valence-corrected chi connectivity index (χ0v) is 13.2. The molecule has 0 amide bonds. The fourth-order valence-electron chi connectivity index (χ4n) is 3.70. The van der Waals surface area contributed by atoms with Crippen molar-refractivity contribution in [2.75, 3.05) is 14.1 Å². The lowest BCUT2D eigenvalue weighted by molar-refractivity contribution is 0.0365. The number of hydrogen-bond acceptors (Lipinski definition) is 4. The second-order valence-corrected chi connectivity index (χ2v) is 6.53. The topological polar surface area (TPSA) is 54.2 Å². The molecular formula is C16H28N4. The number of pyridine rings is 1. The van der Waals surface area contributed by atoms with Crippen LogP contribution in [0.15, 0.2) is 18.3 Å². The van der Waals surface area contributed by atoms with E-state index >= 15 is 0 Å². The number of aryl methyl sites for hydroxylation is 1. The number of hydrogen-bond donors (Lipinski definition) is 2. The molecule has 1 aromatic rings. The summed E-state index contributed by atoms with van der Waals surface area (Å²) in [5.41, 5.74) is 5.36. The molecule has 3 unspecified atom stereocenters. The van der Waals surface area contributed by atoms with E-state index in [2.05, 4.69) is 48.5 Å². The highest BCUT2D eigenvalue weighted by atomic mass is 15.3. The molecule has 1 aromatic heterocycles. The van der Waals surface area contributed by atoms with Crippen LogP contribution in [0.1, 0.15) is 49.9 Å². The summed E-state index contributed by atoms with van der Waals surface area (Å²) in [6.07, 6.45) is 6.88. The number of nitrogens with one attached hydrogen (secondary N) is 1. The second-order valence-electron chi connectivity index (χ2n) is 6.53. The first kappa shape index (κ1) is 15.4. The number of aromatic nitrogens is 1. The van der Waals surface area contributed by atoms with Gasteiger partial charge in [-0.1, -0.05) is 25.8 Å². The van der Waals surface area contributed by atoms with Crippen LogP contribution < -0.4 is 11.3 Å². The third-order valence-electron chi connectivity index (χ3n) is 4.87. The fourth-order valence-corrected chi connectivity index (χ4v) is 3.70. The van der Waals surface area contributed by atoms with Gasteiger partial charge in [0.25, 0.3) is 0 Å². The molecule has 1 fully saturated rings. The van der Waals surface area contributed by atoms with Gasteiger partial charge in [0.1, 0.15) is 0 Å². The van der Waals surface area contributed by atoms with Gasteiger partial charge < -0.3 is 4.90 Å². The minimum Gasteiger partial charge on any atom is -0.302 e. The molecule has 0 bridgehead atoms. The van der Waals surface area contributed by atoms with Crippen LogP contribution in [0, 0.1) is 12.8 Å². The lowest BCUT2D eigenvalue weighted by Gasteiger charge is -2.50. The van der Waals surface area contributed by atoms with E-state index < -0.39 is 0 Å². The summed E-state index contributed by atoms with van der Waals surface area (Å²) >= 11 is 0. The number of nitrogens with zero attached hydrogens (tertiary/aromatic N) is 2. The molecule has 2 rings (SSSR count). The molecule has 3 atom stereocenters. The molecule has 112 valence electrons. The van der Waals surface area contributed by atoms with E-state index in [9.17, 15) is 0 Å². The molecule has 0 aliphatic heterocycles. The highest BCUT2D eigenvalue weighted by molar-refractivity contribution is 5.22. The van der Waals surface area contributed by atoms with Gasteiger partial charge in [-0.3, -0.25) is 16.3 Å². The van der Waals surface area contributed by atoms with E-state index in [0.717, 1.165) is 11.6 Å². The molecule has 0 aromatic carbocycles. The Bertz CT molecular complexity index is 429. The van der Waals surface area contributed by atoms with Crippen molar-refractivity contribution in [3.05, 3.63) is 29.6 Å². The molecule has 20 heavy (non-hydrogen) atoms. The quantitative estimate of drug-likeness (QED) is 0.655. The van der Waals surface area contributed by atoms with Crippen LogP contribution in [0.3, 0.4) is 0 Å². The van der Waals surface area contributed by atoms with E-state index in [4.69, 9.17) is 5.84 Å². The van der Waals surface area contributed by atoms with E-state index in [-0.39, 0.29) is 11.6 Å². The summed E-state index contributed by atoms with van der Waals surface area (Å²) in [5.74, 6) is 6.67. The van der Waals surface area contributed by atoms with E-state index in [1.54, 1.807) is 0 Å². The Morgan fingerprint density at radius 1 is 1.45 bits per heavy atom. The van der Waals surface area contributed by atoms with Gasteiger partial charge in [0.15, 0.2) is 0 Å². The highest BCUT2D eigenvalue weighted by Gasteiger charge is 2.44. The van der Waals surface area contributed by atoms with Gasteiger partial charge in [-0.05, 0) is 51.4 Å². The summed E-state index contributed by atoms with van der Waals surface area (Å²) in [7, 11) is 4.34. The smallest absolute Gasteiger partial charge is 0.0658 e. The Morgan fingerprint density at radius 2 is 2.20 bits per heavy atom. The van der Waals surface area contributed by atoms with E-state index in [0.29, 0.717) is 0 Å². The van der Waals surface area contributed by atoms with Crippen molar-refractivity contribution in [2.24, 2.45) is 11.8 Å². The number of rotatable bonds is 4. The normalized spacial score (nSPS) is 28.6. The molecule has 1 aliphatic carbocycles. The summed E-state index contributed by atoms with van der Waals surface area (Å²) < 4.78 is 0. The Morgan fingerprint density at radius 3 is 2.70 bits per heavy atom. The first-order valence-corrected chi connectivity index (χ1v) is 7.55. The van der Waals surface area contributed by atoms with Crippen molar-refractivity contribution in [1.82, 2.24) is 15.3 Å². The van der Waals surface area contributed by atoms with Crippen LogP contribution in [0.2, 0.25) is 0 Å². The average molecular weight is 276 g/mol. The summed E-state index contributed by atoms with van der Waals surface area (Å²) in [6, 6.07) is 4.33. The lowest BCUT2D eigenvalue weighted by Crippen LogP contribution is -2.57. The van der Waals surface area contributed by atoms with Crippen LogP contribution in [0.4, 0.5) is 0 Å². The number of nitrogens with two attached hydrogens (primary N) is 1. The Hall–Kier alpha value is -0.970. The van der Waals surface area contributed by atoms with Gasteiger partial charge in [0.2, 0.25) is 0 Å². The van der Waals surface area contributed by atoms with Gasteiger partial charge in [-0.15, -0.1) is 0 Å². The third kappa shape index (κ3) is 2.87. The van der Waals surface area contributed by atoms with Crippen molar-refractivity contribution in [1.29, 1.82) is 0 Å². The largest absolute Gasteiger partial charge is 0.302 e. The minimum absolute atomic E-state index is 0.0728. The fraction of sp³-hybridized carbons (Fsp3) is 0.688. The minimum atomic E-state index is 0.0728. The molecular weight excluding hydrogens is 248 g/mol. The van der Waals surface area contributed by atoms with Crippen molar-refractivity contribution < 1.29 is 0 Å². The van der Waals surface area contributed by atoms with Gasteiger partial charge in [0.05, 0.1) is 6.04 Å². The number of likely N-dealkylation sites (N-methyl/N-ethyl adjacent to an activating group) is 1. The zero-order chi connectivity index (χ0) is 14.8. The zero-order valence-electron chi connectivity index (χ0n) is 13.2. The third-order valence-corrected chi connectivity index (χ3v) is 4.87. The lowest BCUT2D eigenvalue weighted by atomic mass is 9.70. The van der Waals surface area contributed by atoms with Crippen molar-refractivity contribution in [3.63, 3.8) is 0 Å². The Labute approximate surface area is 122 Å². The standard InChI is InChI=1S/C16H28N4/c1-12-6-5-9-16(10-12,20(3)4)15(19-17)14-8-7-13(2)18-11-14/h7-8,11-12,15,19H,5-6,9-10,17H2,1-4H3. The SMILES string of the molecule is Cc1ccc(C(NN)C2(N(C)C)CCCC(C)C2)cn1. The Balaban J connectivity index is 2.37. The predicted molar refractivity (Wildman–Crippen MR) is 83.1 cm³/mol. The molecule has 3 N–H and O–H groups in total. The molecule has 0 radical (unpaired) electrons. The maximum atomic E-state index is 5.94. The van der Waals surface area contributed by atoms with E-state index in [1.807, 2.05) is 13.1 Å². The number of hydrazine groups is 1. The monoisotopic (exact) mass is 276 g/mol. The van der Waals surface area contributed by atoms with Gasteiger partial charge in [-0.2, -0.15) is 0 Å². The second kappa shape index (κ2) is 6.20. The molecule has 1 aliphatic rings. The van der Waals surface area contributed by atoms with Crippen LogP contribution in [0.25, 0.3) is 0 Å². The maximum Gasteiger partial charge on any atom is 0.0658 e. The molecule has 0 saturated heterocycles. The molecule has 4 nitrogen and oxygen atoms in total. The van der Waals surface area contributed by atoms with Gasteiger partial charge >= 0.3 is 0 Å². The molecule has 4 heteroatoms. The van der Waals surface area contributed by atoms with Crippen molar-refractivity contribution in [2.45, 2.75) is 51.1 Å². The van der Waals surface area contributed by atoms with Crippen molar-refractivity contribution in [3.8, 4) is 0 Å². The van der Waals surface area contributed by atoms with Crippen LogP contribution >= 0.6 is 0 Å².